The van der Waals surface area contributed by atoms with E-state index in [0.29, 0.717) is 37.2 Å². The van der Waals surface area contributed by atoms with E-state index in [1.807, 2.05) is 19.1 Å². The summed E-state index contributed by atoms with van der Waals surface area (Å²) in [6, 6.07) is 12.3. The average Bonchev–Trinajstić information content (AvgIpc) is 3.35. The van der Waals surface area contributed by atoms with Crippen LogP contribution in [0.5, 0.6) is 0 Å². The second kappa shape index (κ2) is 9.27. The number of thioether (sulfide) groups is 1. The highest BCUT2D eigenvalue weighted by Gasteiger charge is 2.66. The van der Waals surface area contributed by atoms with E-state index in [1.165, 1.54) is 11.8 Å². The smallest absolute Gasteiger partial charge is 0.230 e. The highest BCUT2D eigenvalue weighted by Crippen LogP contribution is 2.60. The standard InChI is InChI=1S/C23H16Cl3F3N4S2/c1-2-34-19-17(20-30-31-21(35-20)22(9-10-22)23(27,28)29)32-33(16-8-7-14(25)11-15(16)26)18(19)12-3-5-13(24)6-4-12/h3-8,11H,2,9-10H2,1H3. The number of hydrogen-bond acceptors (Lipinski definition) is 5. The summed E-state index contributed by atoms with van der Waals surface area (Å²) in [5.74, 6) is 0.700. The van der Waals surface area contributed by atoms with Crippen molar-refractivity contribution in [1.29, 1.82) is 0 Å². The van der Waals surface area contributed by atoms with Gasteiger partial charge in [-0.25, -0.2) is 4.68 Å². The average molecular weight is 576 g/mol. The van der Waals surface area contributed by atoms with Crippen molar-refractivity contribution < 1.29 is 13.2 Å². The monoisotopic (exact) mass is 574 g/mol. The molecule has 0 aliphatic heterocycles. The summed E-state index contributed by atoms with van der Waals surface area (Å²) < 4.78 is 42.8. The van der Waals surface area contributed by atoms with E-state index in [-0.39, 0.29) is 17.8 Å². The van der Waals surface area contributed by atoms with Crippen molar-refractivity contribution >= 4 is 57.9 Å². The van der Waals surface area contributed by atoms with E-state index >= 15 is 0 Å². The van der Waals surface area contributed by atoms with Crippen molar-refractivity contribution in [2.75, 3.05) is 5.75 Å². The van der Waals surface area contributed by atoms with Gasteiger partial charge in [0.2, 0.25) is 0 Å². The summed E-state index contributed by atoms with van der Waals surface area (Å²) in [4.78, 5) is 0.764. The molecule has 1 saturated carbocycles. The van der Waals surface area contributed by atoms with Crippen LogP contribution in [0.2, 0.25) is 15.1 Å². The van der Waals surface area contributed by atoms with Gasteiger partial charge in [0, 0.05) is 15.6 Å². The first kappa shape index (κ1) is 24.9. The zero-order valence-corrected chi connectivity index (χ0v) is 21.9. The summed E-state index contributed by atoms with van der Waals surface area (Å²) >= 11 is 21.2. The van der Waals surface area contributed by atoms with Crippen LogP contribution in [0.4, 0.5) is 13.2 Å². The van der Waals surface area contributed by atoms with Crippen molar-refractivity contribution in [3.8, 4) is 27.6 Å². The molecule has 0 radical (unpaired) electrons. The molecule has 1 fully saturated rings. The molecule has 0 bridgehead atoms. The van der Waals surface area contributed by atoms with Crippen LogP contribution in [0.3, 0.4) is 0 Å². The SMILES string of the molecule is CCSc1c(-c2nnc(C3(C(F)(F)F)CC3)s2)nn(-c2ccc(Cl)cc2Cl)c1-c1ccc(Cl)cc1. The molecule has 182 valence electrons. The molecule has 2 heterocycles. The predicted molar refractivity (Wildman–Crippen MR) is 136 cm³/mol. The lowest BCUT2D eigenvalue weighted by molar-refractivity contribution is -0.160. The molecule has 0 saturated heterocycles. The zero-order chi connectivity index (χ0) is 25.0. The van der Waals surface area contributed by atoms with Crippen LogP contribution in [0.15, 0.2) is 47.4 Å². The molecule has 2 aromatic carbocycles. The van der Waals surface area contributed by atoms with Crippen molar-refractivity contribution in [3.05, 3.63) is 62.5 Å². The molecule has 0 unspecified atom stereocenters. The Bertz CT molecular complexity index is 1400. The van der Waals surface area contributed by atoms with Gasteiger partial charge in [-0.1, -0.05) is 65.2 Å². The fourth-order valence-corrected chi connectivity index (χ4v) is 6.45. The summed E-state index contributed by atoms with van der Waals surface area (Å²) in [6.07, 6.45) is -4.32. The van der Waals surface area contributed by atoms with E-state index in [4.69, 9.17) is 39.9 Å². The van der Waals surface area contributed by atoms with Crippen molar-refractivity contribution in [2.24, 2.45) is 0 Å². The molecule has 0 atom stereocenters. The quantitative estimate of drug-likeness (QED) is 0.216. The summed E-state index contributed by atoms with van der Waals surface area (Å²) in [5, 5.41) is 14.6. The Labute approximate surface area is 222 Å². The number of halogens is 6. The number of alkyl halides is 3. The molecule has 5 rings (SSSR count). The van der Waals surface area contributed by atoms with Gasteiger partial charge in [0.25, 0.3) is 0 Å². The summed E-state index contributed by atoms with van der Waals surface area (Å²) in [7, 11) is 0. The van der Waals surface area contributed by atoms with E-state index in [2.05, 4.69) is 10.2 Å². The molecule has 4 aromatic rings. The molecular weight excluding hydrogens is 560 g/mol. The number of rotatable bonds is 6. The first-order chi connectivity index (χ1) is 16.6. The Morgan fingerprint density at radius 1 is 1.03 bits per heavy atom. The molecule has 0 N–H and O–H groups in total. The van der Waals surface area contributed by atoms with Crippen LogP contribution in [0.25, 0.3) is 27.6 Å². The maximum atomic E-state index is 13.7. The molecule has 0 amide bonds. The molecule has 1 aliphatic rings. The molecule has 12 heteroatoms. The van der Waals surface area contributed by atoms with Gasteiger partial charge in [-0.05, 0) is 48.9 Å². The Kier molecular flexibility index (Phi) is 6.59. The van der Waals surface area contributed by atoms with Crippen LogP contribution >= 0.6 is 57.9 Å². The Morgan fingerprint density at radius 3 is 2.31 bits per heavy atom. The van der Waals surface area contributed by atoms with Gasteiger partial charge in [-0.15, -0.1) is 22.0 Å². The maximum Gasteiger partial charge on any atom is 0.400 e. The largest absolute Gasteiger partial charge is 0.400 e. The van der Waals surface area contributed by atoms with Crippen LogP contribution in [-0.4, -0.2) is 31.9 Å². The minimum atomic E-state index is -4.37. The Balaban J connectivity index is 1.73. The minimum Gasteiger partial charge on any atom is -0.230 e. The van der Waals surface area contributed by atoms with Crippen molar-refractivity contribution in [3.63, 3.8) is 0 Å². The van der Waals surface area contributed by atoms with Gasteiger partial charge in [-0.3, -0.25) is 0 Å². The fourth-order valence-electron chi connectivity index (χ4n) is 3.77. The van der Waals surface area contributed by atoms with Gasteiger partial charge < -0.3 is 0 Å². The topological polar surface area (TPSA) is 43.6 Å². The minimum absolute atomic E-state index is 0.0204. The first-order valence-corrected chi connectivity index (χ1v) is 13.5. The lowest BCUT2D eigenvalue weighted by Gasteiger charge is -2.15. The second-order valence-electron chi connectivity index (χ2n) is 7.97. The van der Waals surface area contributed by atoms with Gasteiger partial charge in [0.05, 0.1) is 21.3 Å². The third-order valence-corrected chi connectivity index (χ3v) is 8.60. The first-order valence-electron chi connectivity index (χ1n) is 10.5. The number of nitrogens with zero attached hydrogens (tertiary/aromatic N) is 4. The summed E-state index contributed by atoms with van der Waals surface area (Å²) in [5.41, 5.74) is 0.663. The second-order valence-corrected chi connectivity index (χ2v) is 11.5. The maximum absolute atomic E-state index is 13.7. The van der Waals surface area contributed by atoms with Crippen LogP contribution < -0.4 is 0 Å². The van der Waals surface area contributed by atoms with Gasteiger partial charge >= 0.3 is 6.18 Å². The van der Waals surface area contributed by atoms with Gasteiger partial charge in [0.15, 0.2) is 5.01 Å². The predicted octanol–water partition coefficient (Wildman–Crippen LogP) is 8.72. The van der Waals surface area contributed by atoms with E-state index in [1.54, 1.807) is 35.0 Å². The van der Waals surface area contributed by atoms with Gasteiger partial charge in [-0.2, -0.15) is 18.3 Å². The normalized spacial score (nSPS) is 14.9. The third kappa shape index (κ3) is 4.46. The van der Waals surface area contributed by atoms with E-state index in [0.717, 1.165) is 27.5 Å². The van der Waals surface area contributed by atoms with Crippen LogP contribution in [-0.2, 0) is 5.41 Å². The van der Waals surface area contributed by atoms with E-state index in [9.17, 15) is 13.2 Å². The third-order valence-electron chi connectivity index (χ3n) is 5.72. The molecule has 1 aliphatic carbocycles. The molecule has 35 heavy (non-hydrogen) atoms. The van der Waals surface area contributed by atoms with Gasteiger partial charge in [0.1, 0.15) is 16.1 Å². The molecule has 0 spiro atoms. The number of hydrogen-bond donors (Lipinski definition) is 0. The summed E-state index contributed by atoms with van der Waals surface area (Å²) in [6.45, 7) is 1.99. The fraction of sp³-hybridized carbons (Fsp3) is 0.261. The van der Waals surface area contributed by atoms with Crippen molar-refractivity contribution in [2.45, 2.75) is 36.3 Å². The zero-order valence-electron chi connectivity index (χ0n) is 18.0. The lowest BCUT2D eigenvalue weighted by atomic mass is 10.1. The molecular formula is C23H16Cl3F3N4S2. The lowest BCUT2D eigenvalue weighted by Crippen LogP contribution is -2.28. The van der Waals surface area contributed by atoms with Crippen LogP contribution in [0.1, 0.15) is 24.8 Å². The van der Waals surface area contributed by atoms with Crippen molar-refractivity contribution in [1.82, 2.24) is 20.0 Å². The Hall–Kier alpha value is -1.78. The number of benzene rings is 2. The number of aromatic nitrogens is 4. The highest BCUT2D eigenvalue weighted by molar-refractivity contribution is 7.99. The molecule has 2 aromatic heterocycles. The Morgan fingerprint density at radius 2 is 1.71 bits per heavy atom. The van der Waals surface area contributed by atoms with E-state index < -0.39 is 11.6 Å². The van der Waals surface area contributed by atoms with Crippen LogP contribution in [0, 0.1) is 0 Å². The highest BCUT2D eigenvalue weighted by atomic mass is 35.5. The molecule has 4 nitrogen and oxygen atoms in total.